The van der Waals surface area contributed by atoms with E-state index in [-0.39, 0.29) is 30.4 Å². The highest BCUT2D eigenvalue weighted by Gasteiger charge is 2.28. The third kappa shape index (κ3) is 5.35. The van der Waals surface area contributed by atoms with Gasteiger partial charge >= 0.3 is 0 Å². The molecule has 3 rings (SSSR count). The maximum atomic E-state index is 13.4. The van der Waals surface area contributed by atoms with Gasteiger partial charge in [-0.3, -0.25) is 0 Å². The van der Waals surface area contributed by atoms with Crippen LogP contribution in [0.5, 0.6) is 11.5 Å². The molecule has 8 nitrogen and oxygen atoms in total. The van der Waals surface area contributed by atoms with Crippen LogP contribution in [0.15, 0.2) is 53.6 Å². The summed E-state index contributed by atoms with van der Waals surface area (Å²) in [7, 11) is -0.899. The van der Waals surface area contributed by atoms with Crippen LogP contribution in [-0.2, 0) is 10.0 Å². The van der Waals surface area contributed by atoms with E-state index in [0.29, 0.717) is 11.5 Å². The second-order valence-electron chi connectivity index (χ2n) is 8.01. The predicted octanol–water partition coefficient (Wildman–Crippen LogP) is 3.30. The molecule has 0 aliphatic rings. The van der Waals surface area contributed by atoms with Crippen molar-refractivity contribution < 1.29 is 23.0 Å². The van der Waals surface area contributed by atoms with Gasteiger partial charge in [-0.1, -0.05) is 19.9 Å². The lowest BCUT2D eigenvalue weighted by Crippen LogP contribution is -2.41. The highest BCUT2D eigenvalue weighted by molar-refractivity contribution is 7.89. The SMILES string of the molecule is COc1ccc(S(=O)(=O)N(CC(C)C)C[C@@H](O)CNc2cccc3[nH]ccc23)cc1OC. The second kappa shape index (κ2) is 10.2. The molecule has 0 saturated carbocycles. The van der Waals surface area contributed by atoms with Gasteiger partial charge in [0, 0.05) is 48.5 Å². The summed E-state index contributed by atoms with van der Waals surface area (Å²) < 4.78 is 38.5. The summed E-state index contributed by atoms with van der Waals surface area (Å²) in [5, 5.41) is 14.9. The van der Waals surface area contributed by atoms with E-state index < -0.39 is 16.1 Å². The summed E-state index contributed by atoms with van der Waals surface area (Å²) in [6, 6.07) is 12.3. The molecule has 0 amide bonds. The van der Waals surface area contributed by atoms with Crippen molar-refractivity contribution in [3.63, 3.8) is 0 Å². The zero-order valence-electron chi connectivity index (χ0n) is 18.8. The first-order valence-corrected chi connectivity index (χ1v) is 11.9. The predicted molar refractivity (Wildman–Crippen MR) is 126 cm³/mol. The number of nitrogens with zero attached hydrogens (tertiary/aromatic N) is 1. The number of fused-ring (bicyclic) bond motifs is 1. The van der Waals surface area contributed by atoms with Crippen LogP contribution in [0.1, 0.15) is 13.8 Å². The molecule has 0 spiro atoms. The van der Waals surface area contributed by atoms with Gasteiger partial charge in [-0.2, -0.15) is 4.31 Å². The van der Waals surface area contributed by atoms with Crippen molar-refractivity contribution in [2.45, 2.75) is 24.8 Å². The van der Waals surface area contributed by atoms with Gasteiger partial charge in [-0.25, -0.2) is 8.42 Å². The summed E-state index contributed by atoms with van der Waals surface area (Å²) in [4.78, 5) is 3.24. The number of aliphatic hydroxyl groups is 1. The van der Waals surface area contributed by atoms with E-state index in [4.69, 9.17) is 9.47 Å². The van der Waals surface area contributed by atoms with Crippen molar-refractivity contribution in [1.82, 2.24) is 9.29 Å². The standard InChI is InChI=1S/C23H31N3O5S/c1-16(2)14-26(32(28,29)18-8-9-22(30-3)23(12-18)31-4)15-17(27)13-25-21-7-5-6-20-19(21)10-11-24-20/h5-12,16-17,24-25,27H,13-15H2,1-4H3/t17-/m0/s1. The maximum Gasteiger partial charge on any atom is 0.243 e. The number of rotatable bonds is 11. The lowest BCUT2D eigenvalue weighted by atomic mass is 10.2. The van der Waals surface area contributed by atoms with Gasteiger partial charge < -0.3 is 24.9 Å². The molecule has 0 saturated heterocycles. The lowest BCUT2D eigenvalue weighted by molar-refractivity contribution is 0.153. The van der Waals surface area contributed by atoms with Crippen LogP contribution >= 0.6 is 0 Å². The molecule has 0 bridgehead atoms. The molecule has 9 heteroatoms. The molecule has 0 aliphatic carbocycles. The first-order valence-electron chi connectivity index (χ1n) is 10.5. The minimum absolute atomic E-state index is 0.0367. The number of benzene rings is 2. The highest BCUT2D eigenvalue weighted by Crippen LogP contribution is 2.31. The molecule has 0 radical (unpaired) electrons. The van der Waals surface area contributed by atoms with E-state index in [9.17, 15) is 13.5 Å². The Morgan fingerprint density at radius 1 is 1.06 bits per heavy atom. The van der Waals surface area contributed by atoms with Gasteiger partial charge in [-0.15, -0.1) is 0 Å². The number of methoxy groups -OCH3 is 2. The molecular weight excluding hydrogens is 430 g/mol. The fourth-order valence-corrected chi connectivity index (χ4v) is 5.23. The first-order chi connectivity index (χ1) is 15.3. The Morgan fingerprint density at radius 3 is 2.50 bits per heavy atom. The molecule has 3 N–H and O–H groups in total. The fraction of sp³-hybridized carbons (Fsp3) is 0.391. The average Bonchev–Trinajstić information content (AvgIpc) is 3.25. The van der Waals surface area contributed by atoms with Crippen molar-refractivity contribution in [2.24, 2.45) is 5.92 Å². The number of anilines is 1. The molecule has 1 aromatic heterocycles. The Balaban J connectivity index is 1.77. The minimum Gasteiger partial charge on any atom is -0.493 e. The van der Waals surface area contributed by atoms with Crippen molar-refractivity contribution in [3.8, 4) is 11.5 Å². The number of aromatic nitrogens is 1. The van der Waals surface area contributed by atoms with E-state index in [2.05, 4.69) is 10.3 Å². The number of aromatic amines is 1. The number of hydrogen-bond acceptors (Lipinski definition) is 6. The second-order valence-corrected chi connectivity index (χ2v) is 9.95. The molecule has 2 aromatic carbocycles. The molecule has 0 unspecified atom stereocenters. The summed E-state index contributed by atoms with van der Waals surface area (Å²) in [6.45, 7) is 4.33. The minimum atomic E-state index is -3.85. The van der Waals surface area contributed by atoms with Crippen LogP contribution < -0.4 is 14.8 Å². The third-order valence-corrected chi connectivity index (χ3v) is 6.93. The number of ether oxygens (including phenoxy) is 2. The summed E-state index contributed by atoms with van der Waals surface area (Å²) in [5.74, 6) is 0.864. The van der Waals surface area contributed by atoms with Crippen LogP contribution in [0.25, 0.3) is 10.9 Å². The monoisotopic (exact) mass is 461 g/mol. The number of nitrogens with one attached hydrogen (secondary N) is 2. The van der Waals surface area contributed by atoms with Crippen LogP contribution in [0.4, 0.5) is 5.69 Å². The van der Waals surface area contributed by atoms with E-state index in [1.807, 2.05) is 44.3 Å². The Kier molecular flexibility index (Phi) is 7.65. The van der Waals surface area contributed by atoms with Gasteiger partial charge in [0.2, 0.25) is 10.0 Å². The largest absolute Gasteiger partial charge is 0.493 e. The molecule has 32 heavy (non-hydrogen) atoms. The van der Waals surface area contributed by atoms with Crippen LogP contribution in [0.2, 0.25) is 0 Å². The van der Waals surface area contributed by atoms with Crippen molar-refractivity contribution >= 4 is 26.6 Å². The Bertz CT molecular complexity index is 1140. The van der Waals surface area contributed by atoms with Crippen molar-refractivity contribution in [1.29, 1.82) is 0 Å². The summed E-state index contributed by atoms with van der Waals surface area (Å²) in [6.07, 6.45) is 0.949. The van der Waals surface area contributed by atoms with Crippen LogP contribution in [0.3, 0.4) is 0 Å². The third-order valence-electron chi connectivity index (χ3n) is 5.10. The van der Waals surface area contributed by atoms with E-state index >= 15 is 0 Å². The highest BCUT2D eigenvalue weighted by atomic mass is 32.2. The van der Waals surface area contributed by atoms with Gasteiger partial charge in [0.05, 0.1) is 25.2 Å². The molecule has 3 aromatic rings. The van der Waals surface area contributed by atoms with E-state index in [1.165, 1.54) is 30.7 Å². The van der Waals surface area contributed by atoms with Crippen molar-refractivity contribution in [3.05, 3.63) is 48.7 Å². The van der Waals surface area contributed by atoms with E-state index in [0.717, 1.165) is 16.6 Å². The normalized spacial score (nSPS) is 13.0. The molecule has 1 atom stereocenters. The number of hydrogen-bond donors (Lipinski definition) is 3. The Morgan fingerprint density at radius 2 is 1.81 bits per heavy atom. The molecule has 1 heterocycles. The van der Waals surface area contributed by atoms with E-state index in [1.54, 1.807) is 6.07 Å². The quantitative estimate of drug-likeness (QED) is 0.405. The zero-order chi connectivity index (χ0) is 23.3. The van der Waals surface area contributed by atoms with Gasteiger partial charge in [-0.05, 0) is 36.2 Å². The van der Waals surface area contributed by atoms with Gasteiger partial charge in [0.25, 0.3) is 0 Å². The molecule has 0 aliphatic heterocycles. The van der Waals surface area contributed by atoms with Gasteiger partial charge in [0.15, 0.2) is 11.5 Å². The number of aliphatic hydroxyl groups excluding tert-OH is 1. The number of H-pyrrole nitrogens is 1. The molecule has 0 fully saturated rings. The van der Waals surface area contributed by atoms with Crippen LogP contribution in [-0.4, -0.2) is 62.8 Å². The Hall–Kier alpha value is -2.75. The smallest absolute Gasteiger partial charge is 0.243 e. The first kappa shape index (κ1) is 23.9. The number of sulfonamides is 1. The maximum absolute atomic E-state index is 13.4. The van der Waals surface area contributed by atoms with Gasteiger partial charge in [0.1, 0.15) is 0 Å². The molecule has 174 valence electrons. The summed E-state index contributed by atoms with van der Waals surface area (Å²) in [5.41, 5.74) is 1.86. The lowest BCUT2D eigenvalue weighted by Gasteiger charge is -2.27. The zero-order valence-corrected chi connectivity index (χ0v) is 19.6. The average molecular weight is 462 g/mol. The fourth-order valence-electron chi connectivity index (χ4n) is 3.57. The summed E-state index contributed by atoms with van der Waals surface area (Å²) >= 11 is 0. The van der Waals surface area contributed by atoms with Crippen molar-refractivity contribution in [2.75, 3.05) is 39.2 Å². The molecular formula is C23H31N3O5S. The Labute approximate surface area is 189 Å². The van der Waals surface area contributed by atoms with Crippen LogP contribution in [0, 0.1) is 5.92 Å². The topological polar surface area (TPSA) is 104 Å².